The van der Waals surface area contributed by atoms with E-state index in [1.165, 1.54) is 0 Å². The van der Waals surface area contributed by atoms with Crippen LogP contribution in [0.4, 0.5) is 5.69 Å². The summed E-state index contributed by atoms with van der Waals surface area (Å²) in [6.45, 7) is 2.64. The average molecular weight is 264 g/mol. The van der Waals surface area contributed by atoms with Crippen molar-refractivity contribution in [1.82, 2.24) is 5.32 Å². The summed E-state index contributed by atoms with van der Waals surface area (Å²) in [5.41, 5.74) is 0.782. The number of nitrogens with one attached hydrogen (secondary N) is 1. The molecule has 1 aliphatic rings. The molecular weight excluding hydrogens is 250 g/mol. The standard InChI is InChI=1S/C13H14ClN3O/c1-9-8-16-12(5-6-15)13(18)17(9)11-4-2-3-10(14)7-11/h2-4,7,9,12,16H,5,8H2,1H3. The zero-order valence-electron chi connectivity index (χ0n) is 10.1. The zero-order chi connectivity index (χ0) is 13.1. The first-order chi connectivity index (χ1) is 8.63. The van der Waals surface area contributed by atoms with Crippen molar-refractivity contribution >= 4 is 23.2 Å². The van der Waals surface area contributed by atoms with Gasteiger partial charge in [-0.05, 0) is 25.1 Å². The average Bonchev–Trinajstić information content (AvgIpc) is 2.33. The smallest absolute Gasteiger partial charge is 0.245 e. The van der Waals surface area contributed by atoms with Gasteiger partial charge in [-0.25, -0.2) is 0 Å². The number of carbonyl (C=O) groups excluding carboxylic acids is 1. The van der Waals surface area contributed by atoms with Crippen molar-refractivity contribution in [2.75, 3.05) is 11.4 Å². The predicted molar refractivity (Wildman–Crippen MR) is 70.4 cm³/mol. The minimum Gasteiger partial charge on any atom is -0.307 e. The van der Waals surface area contributed by atoms with Crippen LogP contribution in [0.15, 0.2) is 24.3 Å². The number of carbonyl (C=O) groups is 1. The van der Waals surface area contributed by atoms with Gasteiger partial charge in [-0.1, -0.05) is 17.7 Å². The van der Waals surface area contributed by atoms with Gasteiger partial charge in [-0.3, -0.25) is 4.79 Å². The third-order valence-corrected chi connectivity index (χ3v) is 3.25. The summed E-state index contributed by atoms with van der Waals surface area (Å²) < 4.78 is 0. The number of benzene rings is 1. The van der Waals surface area contributed by atoms with Crippen molar-refractivity contribution < 1.29 is 4.79 Å². The molecule has 1 amide bonds. The van der Waals surface area contributed by atoms with Crippen molar-refractivity contribution in [2.24, 2.45) is 0 Å². The number of hydrogen-bond acceptors (Lipinski definition) is 3. The Hall–Kier alpha value is -1.57. The van der Waals surface area contributed by atoms with Gasteiger partial charge in [0.2, 0.25) is 5.91 Å². The van der Waals surface area contributed by atoms with Gasteiger partial charge in [0.25, 0.3) is 0 Å². The molecule has 1 aliphatic heterocycles. The van der Waals surface area contributed by atoms with Gasteiger partial charge in [0.05, 0.1) is 12.5 Å². The molecular formula is C13H14ClN3O. The lowest BCUT2D eigenvalue weighted by Crippen LogP contribution is -2.59. The fourth-order valence-corrected chi connectivity index (χ4v) is 2.32. The lowest BCUT2D eigenvalue weighted by Gasteiger charge is -2.37. The lowest BCUT2D eigenvalue weighted by atomic mass is 10.1. The van der Waals surface area contributed by atoms with Crippen LogP contribution in [0.25, 0.3) is 0 Å². The monoisotopic (exact) mass is 263 g/mol. The first kappa shape index (κ1) is 12.9. The molecule has 1 N–H and O–H groups in total. The van der Waals surface area contributed by atoms with E-state index in [1.807, 2.05) is 25.1 Å². The molecule has 2 atom stereocenters. The Kier molecular flexibility index (Phi) is 3.85. The third kappa shape index (κ3) is 2.47. The Bertz CT molecular complexity index is 497. The molecule has 1 heterocycles. The van der Waals surface area contributed by atoms with Crippen molar-refractivity contribution in [3.8, 4) is 6.07 Å². The van der Waals surface area contributed by atoms with E-state index in [1.54, 1.807) is 17.0 Å². The van der Waals surface area contributed by atoms with E-state index < -0.39 is 6.04 Å². The highest BCUT2D eigenvalue weighted by molar-refractivity contribution is 6.30. The van der Waals surface area contributed by atoms with Gasteiger partial charge < -0.3 is 10.2 Å². The summed E-state index contributed by atoms with van der Waals surface area (Å²) in [6, 6.07) is 8.87. The topological polar surface area (TPSA) is 56.1 Å². The van der Waals surface area contributed by atoms with Crippen LogP contribution in [0.1, 0.15) is 13.3 Å². The van der Waals surface area contributed by atoms with Crippen molar-refractivity contribution in [2.45, 2.75) is 25.4 Å². The van der Waals surface area contributed by atoms with Crippen LogP contribution in [0.3, 0.4) is 0 Å². The number of nitriles is 1. The minimum absolute atomic E-state index is 0.0471. The van der Waals surface area contributed by atoms with Crippen LogP contribution < -0.4 is 10.2 Å². The number of hydrogen-bond donors (Lipinski definition) is 1. The SMILES string of the molecule is CC1CNC(CC#N)C(=O)N1c1cccc(Cl)c1. The van der Waals surface area contributed by atoms with E-state index in [2.05, 4.69) is 5.32 Å². The normalized spacial score (nSPS) is 23.8. The van der Waals surface area contributed by atoms with Gasteiger partial charge >= 0.3 is 0 Å². The fourth-order valence-electron chi connectivity index (χ4n) is 2.13. The van der Waals surface area contributed by atoms with Crippen molar-refractivity contribution in [3.63, 3.8) is 0 Å². The van der Waals surface area contributed by atoms with Gasteiger partial charge in [0.15, 0.2) is 0 Å². The molecule has 5 heteroatoms. The summed E-state index contributed by atoms with van der Waals surface area (Å²) in [7, 11) is 0. The van der Waals surface area contributed by atoms with Crippen LogP contribution in [0.5, 0.6) is 0 Å². The van der Waals surface area contributed by atoms with E-state index in [4.69, 9.17) is 16.9 Å². The lowest BCUT2D eigenvalue weighted by molar-refractivity contribution is -0.122. The van der Waals surface area contributed by atoms with Gasteiger partial charge in [-0.15, -0.1) is 0 Å². The zero-order valence-corrected chi connectivity index (χ0v) is 10.8. The number of nitrogens with zero attached hydrogens (tertiary/aromatic N) is 2. The van der Waals surface area contributed by atoms with E-state index >= 15 is 0 Å². The maximum atomic E-state index is 12.3. The second kappa shape index (κ2) is 5.38. The summed E-state index contributed by atoms with van der Waals surface area (Å²) in [5, 5.41) is 12.4. The Labute approximate surface area is 111 Å². The molecule has 0 spiro atoms. The number of amides is 1. The molecule has 2 rings (SSSR count). The Morgan fingerprint density at radius 2 is 2.39 bits per heavy atom. The molecule has 94 valence electrons. The molecule has 0 radical (unpaired) electrons. The van der Waals surface area contributed by atoms with E-state index in [-0.39, 0.29) is 18.4 Å². The van der Waals surface area contributed by atoms with E-state index in [0.29, 0.717) is 11.6 Å². The fraction of sp³-hybridized carbons (Fsp3) is 0.385. The minimum atomic E-state index is -0.426. The number of rotatable bonds is 2. The summed E-state index contributed by atoms with van der Waals surface area (Å²) in [6.07, 6.45) is 0.183. The van der Waals surface area contributed by atoms with Crippen LogP contribution in [0.2, 0.25) is 5.02 Å². The van der Waals surface area contributed by atoms with Gasteiger partial charge in [0, 0.05) is 23.3 Å². The van der Waals surface area contributed by atoms with Crippen molar-refractivity contribution in [1.29, 1.82) is 5.26 Å². The summed E-state index contributed by atoms with van der Waals surface area (Å²) >= 11 is 5.95. The second-order valence-corrected chi connectivity index (χ2v) is 4.80. The highest BCUT2D eigenvalue weighted by Crippen LogP contribution is 2.24. The molecule has 1 saturated heterocycles. The number of anilines is 1. The number of piperazine rings is 1. The quantitative estimate of drug-likeness (QED) is 0.887. The van der Waals surface area contributed by atoms with Gasteiger partial charge in [-0.2, -0.15) is 5.26 Å². The Morgan fingerprint density at radius 1 is 1.61 bits per heavy atom. The van der Waals surface area contributed by atoms with E-state index in [0.717, 1.165) is 5.69 Å². The summed E-state index contributed by atoms with van der Waals surface area (Å²) in [5.74, 6) is -0.0717. The number of halogens is 1. The molecule has 18 heavy (non-hydrogen) atoms. The Morgan fingerprint density at radius 3 is 3.06 bits per heavy atom. The first-order valence-corrected chi connectivity index (χ1v) is 6.20. The van der Waals surface area contributed by atoms with Gasteiger partial charge in [0.1, 0.15) is 6.04 Å². The largest absolute Gasteiger partial charge is 0.307 e. The first-order valence-electron chi connectivity index (χ1n) is 5.82. The molecule has 0 saturated carbocycles. The van der Waals surface area contributed by atoms with E-state index in [9.17, 15) is 4.79 Å². The molecule has 0 bridgehead atoms. The van der Waals surface area contributed by atoms with Crippen LogP contribution >= 0.6 is 11.6 Å². The third-order valence-electron chi connectivity index (χ3n) is 3.02. The van der Waals surface area contributed by atoms with Crippen LogP contribution in [0, 0.1) is 11.3 Å². The molecule has 2 unspecified atom stereocenters. The Balaban J connectivity index is 2.29. The van der Waals surface area contributed by atoms with Crippen LogP contribution in [-0.2, 0) is 4.79 Å². The molecule has 1 aromatic rings. The highest BCUT2D eigenvalue weighted by atomic mass is 35.5. The molecule has 1 aromatic carbocycles. The van der Waals surface area contributed by atoms with Crippen molar-refractivity contribution in [3.05, 3.63) is 29.3 Å². The maximum Gasteiger partial charge on any atom is 0.245 e. The molecule has 0 aromatic heterocycles. The second-order valence-electron chi connectivity index (χ2n) is 4.36. The van der Waals surface area contributed by atoms with Crippen LogP contribution in [-0.4, -0.2) is 24.5 Å². The maximum absolute atomic E-state index is 12.3. The molecule has 1 fully saturated rings. The molecule has 4 nitrogen and oxygen atoms in total. The highest BCUT2D eigenvalue weighted by Gasteiger charge is 2.33. The molecule has 0 aliphatic carbocycles. The summed E-state index contributed by atoms with van der Waals surface area (Å²) in [4.78, 5) is 14.0. The predicted octanol–water partition coefficient (Wildman–Crippen LogP) is 1.95.